The van der Waals surface area contributed by atoms with Gasteiger partial charge in [-0.1, -0.05) is 49.9 Å². The van der Waals surface area contributed by atoms with E-state index in [4.69, 9.17) is 10.7 Å². The van der Waals surface area contributed by atoms with Crippen LogP contribution in [0.2, 0.25) is 0 Å². The van der Waals surface area contributed by atoms with Crippen LogP contribution >= 0.6 is 15.9 Å². The average molecular weight is 852 g/mol. The predicted octanol–water partition coefficient (Wildman–Crippen LogP) is 5.02. The molecule has 3 saturated heterocycles. The molecule has 0 unspecified atom stereocenters. The minimum absolute atomic E-state index is 0. The number of hydrogen-bond acceptors (Lipinski definition) is 6. The normalized spacial score (nSPS) is 20.3. The van der Waals surface area contributed by atoms with Gasteiger partial charge in [-0.05, 0) is 115 Å². The molecule has 4 aromatic rings. The number of benzene rings is 3. The number of rotatable bonds is 8. The third-order valence-electron chi connectivity index (χ3n) is 13.8. The Bertz CT molecular complexity index is 2170. The standard InChI is InChI=1S/C44H50BrF2N6O2.K/c45-34-7-5-8-37-40(34)41(55)49-42-44(14-2-1-3-15-44)33-11-10-30(26-38(33)53(37)42)51-19-12-29(13-20-51)27-50-21-16-43(17-22-50)18-23-52(28-43)31-24-35(46)32(36(47)25-31)6-4-9-39(48)54;/h5-8,10-11,24-26,29H,1-4,9,12-23,27-28H2,(H2,48,54);/q-1;+1. The number of hydrogen-bond donors (Lipinski definition) is 1. The summed E-state index contributed by atoms with van der Waals surface area (Å²) in [7, 11) is 0. The minimum atomic E-state index is -0.590. The Morgan fingerprint density at radius 3 is 2.32 bits per heavy atom. The summed E-state index contributed by atoms with van der Waals surface area (Å²) in [5.74, 6) is -0.0844. The van der Waals surface area contributed by atoms with E-state index in [9.17, 15) is 18.4 Å². The van der Waals surface area contributed by atoms with Crippen LogP contribution in [-0.4, -0.2) is 66.2 Å². The van der Waals surface area contributed by atoms with Gasteiger partial charge in [-0.2, -0.15) is 11.4 Å². The number of nitrogens with zero attached hydrogens (tertiary/aromatic N) is 5. The quantitative estimate of drug-likeness (QED) is 0.198. The number of aromatic nitrogens is 2. The first-order valence-corrected chi connectivity index (χ1v) is 21.1. The maximum absolute atomic E-state index is 14.9. The third kappa shape index (κ3) is 7.43. The van der Waals surface area contributed by atoms with Crippen molar-refractivity contribution in [1.82, 2.24) is 14.5 Å². The van der Waals surface area contributed by atoms with E-state index in [1.165, 1.54) is 41.9 Å². The SMILES string of the molecule is NC(=O)CC[CH-]c1c(F)cc(N2CCC3(CCN(CC4CCN(c5ccc6c(c5)-n5c(nc(=O)c7c(Br)cccc75)C65CCCCC5)CC4)CC3)C2)cc1F.[K+]. The van der Waals surface area contributed by atoms with E-state index >= 15 is 0 Å². The van der Waals surface area contributed by atoms with Crippen molar-refractivity contribution in [3.8, 4) is 5.69 Å². The molecule has 12 heteroatoms. The number of carbonyl (C=O) groups excluding carboxylic acids is 1. The van der Waals surface area contributed by atoms with Crippen molar-refractivity contribution in [3.05, 3.63) is 98.4 Å². The van der Waals surface area contributed by atoms with Crippen LogP contribution in [0.1, 0.15) is 94.0 Å². The van der Waals surface area contributed by atoms with E-state index in [2.05, 4.69) is 59.5 Å². The summed E-state index contributed by atoms with van der Waals surface area (Å²) in [6.45, 7) is 6.94. The topological polar surface area (TPSA) is 87.7 Å². The molecule has 9 rings (SSSR count). The van der Waals surface area contributed by atoms with Gasteiger partial charge in [0, 0.05) is 66.6 Å². The maximum Gasteiger partial charge on any atom is 1.00 e. The second-order valence-corrected chi connectivity index (χ2v) is 17.8. The summed E-state index contributed by atoms with van der Waals surface area (Å²) in [4.78, 5) is 36.6. The monoisotopic (exact) mass is 850 g/mol. The summed E-state index contributed by atoms with van der Waals surface area (Å²) in [6, 6.07) is 15.9. The molecule has 1 amide bonds. The molecule has 0 atom stereocenters. The van der Waals surface area contributed by atoms with Crippen LogP contribution in [0.4, 0.5) is 20.2 Å². The number of likely N-dealkylation sites (tertiary alicyclic amines) is 1. The summed E-state index contributed by atoms with van der Waals surface area (Å²) in [5, 5.41) is 0.649. The molecule has 290 valence electrons. The number of amides is 1. The van der Waals surface area contributed by atoms with Crippen LogP contribution in [-0.2, 0) is 10.2 Å². The molecule has 1 saturated carbocycles. The summed E-state index contributed by atoms with van der Waals surface area (Å²) in [5.41, 5.74) is 10.2. The summed E-state index contributed by atoms with van der Waals surface area (Å²) >= 11 is 3.64. The Hall–Kier alpha value is -2.32. The van der Waals surface area contributed by atoms with E-state index in [0.717, 1.165) is 119 Å². The second kappa shape index (κ2) is 16.4. The molecular weight excluding hydrogens is 802 g/mol. The molecule has 2 N–H and O–H groups in total. The van der Waals surface area contributed by atoms with Crippen molar-refractivity contribution in [3.63, 3.8) is 0 Å². The molecular formula is C44H50BrF2KN6O2. The largest absolute Gasteiger partial charge is 1.00 e. The van der Waals surface area contributed by atoms with Gasteiger partial charge in [0.1, 0.15) is 5.82 Å². The van der Waals surface area contributed by atoms with Gasteiger partial charge >= 0.3 is 51.4 Å². The van der Waals surface area contributed by atoms with Crippen molar-refractivity contribution < 1.29 is 65.0 Å². The number of anilines is 2. The zero-order valence-electron chi connectivity index (χ0n) is 32.5. The Morgan fingerprint density at radius 1 is 0.893 bits per heavy atom. The Kier molecular flexibility index (Phi) is 11.8. The molecule has 0 bridgehead atoms. The molecule has 3 aromatic carbocycles. The molecule has 2 spiro atoms. The Balaban J connectivity index is 0.00000441. The van der Waals surface area contributed by atoms with Gasteiger partial charge in [-0.15, -0.1) is 5.56 Å². The minimum Gasteiger partial charge on any atom is -0.372 e. The van der Waals surface area contributed by atoms with E-state index in [1.54, 1.807) is 0 Å². The summed E-state index contributed by atoms with van der Waals surface area (Å²) in [6.07, 6.45) is 12.9. The maximum atomic E-state index is 14.9. The number of halogens is 3. The zero-order chi connectivity index (χ0) is 37.9. The Morgan fingerprint density at radius 2 is 1.61 bits per heavy atom. The van der Waals surface area contributed by atoms with Crippen molar-refractivity contribution in [2.45, 2.75) is 82.5 Å². The number of piperidine rings is 2. The first-order valence-electron chi connectivity index (χ1n) is 20.3. The molecule has 56 heavy (non-hydrogen) atoms. The van der Waals surface area contributed by atoms with Gasteiger partial charge in [-0.3, -0.25) is 22.9 Å². The van der Waals surface area contributed by atoms with Crippen LogP contribution in [0.5, 0.6) is 0 Å². The molecule has 5 aliphatic rings. The number of primary amides is 1. The van der Waals surface area contributed by atoms with E-state index < -0.39 is 17.5 Å². The van der Waals surface area contributed by atoms with Crippen LogP contribution < -0.4 is 72.5 Å². The van der Waals surface area contributed by atoms with Gasteiger partial charge in [-0.25, -0.2) is 0 Å². The van der Waals surface area contributed by atoms with E-state index in [1.807, 2.05) is 12.1 Å². The van der Waals surface area contributed by atoms with Gasteiger partial charge in [0.25, 0.3) is 5.56 Å². The van der Waals surface area contributed by atoms with Gasteiger partial charge in [0.15, 0.2) is 0 Å². The van der Waals surface area contributed by atoms with E-state index in [0.29, 0.717) is 17.0 Å². The second-order valence-electron chi connectivity index (χ2n) is 17.0. The van der Waals surface area contributed by atoms with Crippen LogP contribution in [0.25, 0.3) is 16.6 Å². The fourth-order valence-electron chi connectivity index (χ4n) is 10.7. The average Bonchev–Trinajstić information content (AvgIpc) is 3.71. The smallest absolute Gasteiger partial charge is 0.372 e. The van der Waals surface area contributed by atoms with Gasteiger partial charge < -0.3 is 20.4 Å². The number of fused-ring (bicyclic) bond motifs is 7. The number of nitrogens with two attached hydrogens (primary N) is 1. The molecule has 8 nitrogen and oxygen atoms in total. The predicted molar refractivity (Wildman–Crippen MR) is 217 cm³/mol. The molecule has 1 aromatic heterocycles. The Labute approximate surface area is 379 Å². The van der Waals surface area contributed by atoms with Crippen LogP contribution in [0.15, 0.2) is 57.8 Å². The van der Waals surface area contributed by atoms with Crippen molar-refractivity contribution in [1.29, 1.82) is 0 Å². The molecule has 1 aliphatic carbocycles. The van der Waals surface area contributed by atoms with E-state index in [-0.39, 0.29) is 86.2 Å². The van der Waals surface area contributed by atoms with Crippen molar-refractivity contribution >= 4 is 44.1 Å². The van der Waals surface area contributed by atoms with Crippen LogP contribution in [0.3, 0.4) is 0 Å². The van der Waals surface area contributed by atoms with Gasteiger partial charge in [0.2, 0.25) is 5.91 Å². The van der Waals surface area contributed by atoms with Gasteiger partial charge in [0.05, 0.1) is 22.0 Å². The molecule has 5 heterocycles. The number of carbonyl (C=O) groups is 1. The fraction of sp³-hybridized carbons (Fsp3) is 0.500. The fourth-order valence-corrected chi connectivity index (χ4v) is 11.2. The third-order valence-corrected chi connectivity index (χ3v) is 14.4. The van der Waals surface area contributed by atoms with Crippen molar-refractivity contribution in [2.75, 3.05) is 55.6 Å². The van der Waals surface area contributed by atoms with Crippen molar-refractivity contribution in [2.24, 2.45) is 17.1 Å². The summed E-state index contributed by atoms with van der Waals surface area (Å²) < 4.78 is 33.0. The molecule has 4 aliphatic heterocycles. The zero-order valence-corrected chi connectivity index (χ0v) is 37.2. The van der Waals surface area contributed by atoms with Crippen LogP contribution in [0, 0.1) is 29.4 Å². The molecule has 4 fully saturated rings. The first-order chi connectivity index (χ1) is 26.6. The first kappa shape index (κ1) is 40.5. The molecule has 0 radical (unpaired) electrons.